The van der Waals surface area contributed by atoms with Crippen molar-refractivity contribution in [2.45, 2.75) is 12.8 Å². The van der Waals surface area contributed by atoms with Crippen molar-refractivity contribution in [3.05, 3.63) is 34.4 Å². The first-order valence-electron chi connectivity index (χ1n) is 8.05. The van der Waals surface area contributed by atoms with Gasteiger partial charge in [0, 0.05) is 28.6 Å². The molecule has 0 amide bonds. The fraction of sp³-hybridized carbons (Fsp3) is 0.389. The van der Waals surface area contributed by atoms with Gasteiger partial charge in [-0.2, -0.15) is 0 Å². The summed E-state index contributed by atoms with van der Waals surface area (Å²) in [4.78, 5) is 30.4. The standard InChI is InChI=1S/C18H19BrN2O4/c1-24-17(22)11-4-3-7-21(10-11)16-9-15(18(23)25-2)20-14-6-5-12(19)8-13(14)16/h5-6,8-9,11H,3-4,7,10H2,1-2H3/t11-/m0/s1. The lowest BCUT2D eigenvalue weighted by atomic mass is 9.97. The van der Waals surface area contributed by atoms with Crippen molar-refractivity contribution in [2.24, 2.45) is 5.92 Å². The van der Waals surface area contributed by atoms with E-state index >= 15 is 0 Å². The van der Waals surface area contributed by atoms with Gasteiger partial charge in [0.1, 0.15) is 0 Å². The van der Waals surface area contributed by atoms with Gasteiger partial charge in [0.25, 0.3) is 0 Å². The fourth-order valence-electron chi connectivity index (χ4n) is 3.21. The normalized spacial score (nSPS) is 17.4. The number of aromatic nitrogens is 1. The second-order valence-electron chi connectivity index (χ2n) is 5.99. The van der Waals surface area contributed by atoms with Crippen LogP contribution in [0, 0.1) is 5.92 Å². The van der Waals surface area contributed by atoms with Crippen molar-refractivity contribution in [3.63, 3.8) is 0 Å². The van der Waals surface area contributed by atoms with Crippen molar-refractivity contribution < 1.29 is 19.1 Å². The lowest BCUT2D eigenvalue weighted by Gasteiger charge is -2.34. The minimum Gasteiger partial charge on any atom is -0.469 e. The van der Waals surface area contributed by atoms with E-state index < -0.39 is 5.97 Å². The topological polar surface area (TPSA) is 68.7 Å². The van der Waals surface area contributed by atoms with Gasteiger partial charge in [0.05, 0.1) is 25.7 Å². The van der Waals surface area contributed by atoms with Crippen LogP contribution in [0.25, 0.3) is 10.9 Å². The Hall–Kier alpha value is -2.15. The summed E-state index contributed by atoms with van der Waals surface area (Å²) in [6.45, 7) is 1.36. The smallest absolute Gasteiger partial charge is 0.356 e. The van der Waals surface area contributed by atoms with E-state index in [2.05, 4.69) is 25.8 Å². The zero-order chi connectivity index (χ0) is 18.0. The molecule has 0 N–H and O–H groups in total. The van der Waals surface area contributed by atoms with E-state index in [4.69, 9.17) is 9.47 Å². The number of piperidine rings is 1. The number of hydrogen-bond donors (Lipinski definition) is 0. The summed E-state index contributed by atoms with van der Waals surface area (Å²) in [5, 5.41) is 0.924. The predicted molar refractivity (Wildman–Crippen MR) is 97.7 cm³/mol. The van der Waals surface area contributed by atoms with Gasteiger partial charge in [-0.25, -0.2) is 9.78 Å². The van der Waals surface area contributed by atoms with E-state index in [1.807, 2.05) is 18.2 Å². The van der Waals surface area contributed by atoms with Gasteiger partial charge in [-0.1, -0.05) is 15.9 Å². The molecular formula is C18H19BrN2O4. The van der Waals surface area contributed by atoms with E-state index in [9.17, 15) is 9.59 Å². The Kier molecular flexibility index (Phi) is 5.22. The van der Waals surface area contributed by atoms with E-state index in [1.54, 1.807) is 6.07 Å². The Bertz CT molecular complexity index is 824. The van der Waals surface area contributed by atoms with Gasteiger partial charge >= 0.3 is 11.9 Å². The molecule has 0 saturated carbocycles. The molecule has 3 rings (SSSR count). The Labute approximate surface area is 154 Å². The molecule has 1 aliphatic heterocycles. The van der Waals surface area contributed by atoms with Gasteiger partial charge in [-0.15, -0.1) is 0 Å². The van der Waals surface area contributed by atoms with Crippen LogP contribution in [0.4, 0.5) is 5.69 Å². The van der Waals surface area contributed by atoms with Gasteiger partial charge in [0.15, 0.2) is 5.69 Å². The first kappa shape index (κ1) is 17.7. The molecule has 1 fully saturated rings. The molecule has 0 aliphatic carbocycles. The molecule has 1 saturated heterocycles. The summed E-state index contributed by atoms with van der Waals surface area (Å²) in [5.74, 6) is -0.847. The van der Waals surface area contributed by atoms with E-state index in [1.165, 1.54) is 14.2 Å². The predicted octanol–water partition coefficient (Wildman–Crippen LogP) is 3.17. The first-order chi connectivity index (χ1) is 12.0. The fourth-order valence-corrected chi connectivity index (χ4v) is 3.57. The number of esters is 2. The summed E-state index contributed by atoms with van der Waals surface area (Å²) in [7, 11) is 2.75. The third-order valence-electron chi connectivity index (χ3n) is 4.44. The number of fused-ring (bicyclic) bond motifs is 1. The van der Waals surface area contributed by atoms with Crippen LogP contribution in [0.3, 0.4) is 0 Å². The Morgan fingerprint density at radius 2 is 2.04 bits per heavy atom. The number of pyridine rings is 1. The summed E-state index contributed by atoms with van der Waals surface area (Å²) in [6.07, 6.45) is 1.69. The average Bonchev–Trinajstić information content (AvgIpc) is 2.65. The molecule has 0 unspecified atom stereocenters. The van der Waals surface area contributed by atoms with Crippen LogP contribution in [0.2, 0.25) is 0 Å². The summed E-state index contributed by atoms with van der Waals surface area (Å²) >= 11 is 3.49. The number of nitrogens with zero attached hydrogens (tertiary/aromatic N) is 2. The monoisotopic (exact) mass is 406 g/mol. The minimum atomic E-state index is -0.479. The van der Waals surface area contributed by atoms with Crippen LogP contribution in [0.5, 0.6) is 0 Å². The maximum atomic E-state index is 12.0. The highest BCUT2D eigenvalue weighted by molar-refractivity contribution is 9.10. The largest absolute Gasteiger partial charge is 0.469 e. The molecule has 0 radical (unpaired) electrons. The third kappa shape index (κ3) is 3.61. The lowest BCUT2D eigenvalue weighted by molar-refractivity contribution is -0.145. The highest BCUT2D eigenvalue weighted by Gasteiger charge is 2.28. The lowest BCUT2D eigenvalue weighted by Crippen LogP contribution is -2.39. The molecule has 1 aliphatic rings. The molecular weight excluding hydrogens is 388 g/mol. The van der Waals surface area contributed by atoms with E-state index in [-0.39, 0.29) is 17.6 Å². The summed E-state index contributed by atoms with van der Waals surface area (Å²) < 4.78 is 10.7. The van der Waals surface area contributed by atoms with E-state index in [0.717, 1.165) is 34.9 Å². The van der Waals surface area contributed by atoms with Crippen LogP contribution in [0.15, 0.2) is 28.7 Å². The van der Waals surface area contributed by atoms with Crippen LogP contribution in [-0.2, 0) is 14.3 Å². The van der Waals surface area contributed by atoms with Crippen molar-refractivity contribution >= 4 is 44.5 Å². The number of hydrogen-bond acceptors (Lipinski definition) is 6. The van der Waals surface area contributed by atoms with Crippen molar-refractivity contribution in [1.29, 1.82) is 0 Å². The minimum absolute atomic E-state index is 0.171. The third-order valence-corrected chi connectivity index (χ3v) is 4.93. The molecule has 2 heterocycles. The highest BCUT2D eigenvalue weighted by Crippen LogP contribution is 2.32. The Morgan fingerprint density at radius 1 is 1.24 bits per heavy atom. The number of anilines is 1. The molecule has 6 nitrogen and oxygen atoms in total. The second kappa shape index (κ2) is 7.39. The van der Waals surface area contributed by atoms with Crippen LogP contribution < -0.4 is 4.90 Å². The van der Waals surface area contributed by atoms with Gasteiger partial charge in [-0.05, 0) is 37.1 Å². The van der Waals surface area contributed by atoms with Gasteiger partial charge in [0.2, 0.25) is 0 Å². The molecule has 0 spiro atoms. The molecule has 0 bridgehead atoms. The number of rotatable bonds is 3. The zero-order valence-electron chi connectivity index (χ0n) is 14.1. The summed E-state index contributed by atoms with van der Waals surface area (Å²) in [5.41, 5.74) is 1.84. The Morgan fingerprint density at radius 3 is 2.76 bits per heavy atom. The molecule has 1 aromatic carbocycles. The molecule has 1 aromatic heterocycles. The number of carbonyl (C=O) groups excluding carboxylic acids is 2. The maximum Gasteiger partial charge on any atom is 0.356 e. The molecule has 1 atom stereocenters. The summed E-state index contributed by atoms with van der Waals surface area (Å²) in [6, 6.07) is 7.45. The maximum absolute atomic E-state index is 12.0. The Balaban J connectivity index is 2.07. The molecule has 132 valence electrons. The van der Waals surface area contributed by atoms with Crippen LogP contribution in [0.1, 0.15) is 23.3 Å². The second-order valence-corrected chi connectivity index (χ2v) is 6.90. The SMILES string of the molecule is COC(=O)c1cc(N2CCC[C@H](C(=O)OC)C2)c2cc(Br)ccc2n1. The molecule has 2 aromatic rings. The van der Waals surface area contributed by atoms with Crippen LogP contribution in [-0.4, -0.2) is 44.2 Å². The first-order valence-corrected chi connectivity index (χ1v) is 8.84. The average molecular weight is 407 g/mol. The van der Waals surface area contributed by atoms with Crippen molar-refractivity contribution in [2.75, 3.05) is 32.2 Å². The molecule has 7 heteroatoms. The number of benzene rings is 1. The number of halogens is 1. The highest BCUT2D eigenvalue weighted by atomic mass is 79.9. The van der Waals surface area contributed by atoms with Crippen molar-refractivity contribution in [1.82, 2.24) is 4.98 Å². The van der Waals surface area contributed by atoms with Gasteiger partial charge in [-0.3, -0.25) is 4.79 Å². The van der Waals surface area contributed by atoms with E-state index in [0.29, 0.717) is 12.1 Å². The molecule has 25 heavy (non-hydrogen) atoms. The van der Waals surface area contributed by atoms with Crippen molar-refractivity contribution in [3.8, 4) is 0 Å². The number of ether oxygens (including phenoxy) is 2. The van der Waals surface area contributed by atoms with Gasteiger partial charge < -0.3 is 14.4 Å². The number of methoxy groups -OCH3 is 2. The van der Waals surface area contributed by atoms with Crippen LogP contribution >= 0.6 is 15.9 Å². The quantitative estimate of drug-likeness (QED) is 0.729. The zero-order valence-corrected chi connectivity index (χ0v) is 15.7. The number of carbonyl (C=O) groups is 2.